The fraction of sp³-hybridized carbons (Fsp3) is 0.765. The number of fused-ring (bicyclic) bond motifs is 3. The van der Waals surface area contributed by atoms with E-state index < -0.39 is 5.60 Å². The molecule has 0 amide bonds. The van der Waals surface area contributed by atoms with E-state index in [1.165, 1.54) is 0 Å². The molecule has 0 aliphatic heterocycles. The number of aliphatic hydroxyl groups is 1. The molecule has 3 atom stereocenters. The summed E-state index contributed by atoms with van der Waals surface area (Å²) >= 11 is 0. The molecule has 110 valence electrons. The SMILES string of the molecule is C[C@H]1CC(=O)C2CCCC3=C(CC(=O)[C@@]3(O)CCC2)C1. The zero-order valence-electron chi connectivity index (χ0n) is 12.3. The standard InChI is InChI=1S/C17H24O3/c1-11-8-13-10-16(19)17(20)7-3-5-12(15(18)9-11)4-2-6-14(13)17/h11-12,20H,2-10H2,1H3/t11-,12?,17-/m1/s1. The molecule has 3 aliphatic carbocycles. The lowest BCUT2D eigenvalue weighted by Crippen LogP contribution is -2.36. The van der Waals surface area contributed by atoms with Gasteiger partial charge in [-0.25, -0.2) is 0 Å². The van der Waals surface area contributed by atoms with Crippen LogP contribution in [-0.2, 0) is 9.59 Å². The third-order valence-electron chi connectivity index (χ3n) is 5.43. The second kappa shape index (κ2) is 5.10. The van der Waals surface area contributed by atoms with Crippen LogP contribution < -0.4 is 0 Å². The van der Waals surface area contributed by atoms with Crippen molar-refractivity contribution in [3.8, 4) is 0 Å². The number of ketones is 2. The first kappa shape index (κ1) is 14.0. The van der Waals surface area contributed by atoms with Crippen molar-refractivity contribution < 1.29 is 14.7 Å². The molecule has 1 N–H and O–H groups in total. The van der Waals surface area contributed by atoms with Gasteiger partial charge in [-0.05, 0) is 56.4 Å². The minimum Gasteiger partial charge on any atom is -0.378 e. The van der Waals surface area contributed by atoms with Crippen LogP contribution in [0.2, 0.25) is 0 Å². The Morgan fingerprint density at radius 3 is 2.70 bits per heavy atom. The van der Waals surface area contributed by atoms with E-state index >= 15 is 0 Å². The van der Waals surface area contributed by atoms with Crippen molar-refractivity contribution >= 4 is 11.6 Å². The van der Waals surface area contributed by atoms with E-state index in [0.29, 0.717) is 31.0 Å². The Bertz CT molecular complexity index is 477. The van der Waals surface area contributed by atoms with Gasteiger partial charge in [-0.15, -0.1) is 0 Å². The van der Waals surface area contributed by atoms with Crippen LogP contribution in [0.4, 0.5) is 0 Å². The third kappa shape index (κ3) is 2.26. The molecule has 1 unspecified atom stereocenters. The molecule has 20 heavy (non-hydrogen) atoms. The van der Waals surface area contributed by atoms with Crippen molar-refractivity contribution in [3.05, 3.63) is 11.1 Å². The topological polar surface area (TPSA) is 54.4 Å². The van der Waals surface area contributed by atoms with Crippen LogP contribution in [0.5, 0.6) is 0 Å². The molecule has 0 aromatic carbocycles. The van der Waals surface area contributed by atoms with Crippen LogP contribution in [-0.4, -0.2) is 22.3 Å². The van der Waals surface area contributed by atoms with Gasteiger partial charge in [0, 0.05) is 18.8 Å². The number of allylic oxidation sites excluding steroid dienone is 1. The molecule has 0 saturated heterocycles. The average Bonchev–Trinajstić information content (AvgIpc) is 2.64. The number of carbonyl (C=O) groups is 2. The summed E-state index contributed by atoms with van der Waals surface area (Å²) in [5.74, 6) is 0.844. The maximum atomic E-state index is 12.4. The van der Waals surface area contributed by atoms with Gasteiger partial charge in [0.15, 0.2) is 5.78 Å². The predicted octanol–water partition coefficient (Wildman–Crippen LogP) is 2.96. The Labute approximate surface area is 120 Å². The molecule has 3 rings (SSSR count). The van der Waals surface area contributed by atoms with Crippen LogP contribution in [0.1, 0.15) is 64.7 Å². The first-order chi connectivity index (χ1) is 9.50. The summed E-state index contributed by atoms with van der Waals surface area (Å²) in [6, 6.07) is 0. The molecule has 3 aliphatic rings. The highest BCUT2D eigenvalue weighted by Crippen LogP contribution is 2.44. The average molecular weight is 276 g/mol. The second-order valence-electron chi connectivity index (χ2n) is 7.00. The van der Waals surface area contributed by atoms with Crippen LogP contribution in [0.3, 0.4) is 0 Å². The van der Waals surface area contributed by atoms with E-state index in [0.717, 1.165) is 49.7 Å². The van der Waals surface area contributed by atoms with Crippen LogP contribution in [0, 0.1) is 11.8 Å². The zero-order valence-corrected chi connectivity index (χ0v) is 12.3. The Balaban J connectivity index is 2.03. The molecule has 1 fully saturated rings. The van der Waals surface area contributed by atoms with Crippen molar-refractivity contribution in [2.75, 3.05) is 0 Å². The molecule has 1 saturated carbocycles. The third-order valence-corrected chi connectivity index (χ3v) is 5.43. The van der Waals surface area contributed by atoms with E-state index in [1.807, 2.05) is 0 Å². The summed E-state index contributed by atoms with van der Waals surface area (Å²) in [7, 11) is 0. The van der Waals surface area contributed by atoms with Gasteiger partial charge in [0.05, 0.1) is 0 Å². The lowest BCUT2D eigenvalue weighted by atomic mass is 9.84. The molecule has 3 nitrogen and oxygen atoms in total. The molecule has 0 spiro atoms. The molecule has 0 aromatic heterocycles. The van der Waals surface area contributed by atoms with Gasteiger partial charge >= 0.3 is 0 Å². The first-order valence-electron chi connectivity index (χ1n) is 8.00. The largest absolute Gasteiger partial charge is 0.378 e. The molecule has 3 heteroatoms. The Morgan fingerprint density at radius 2 is 1.90 bits per heavy atom. The van der Waals surface area contributed by atoms with Crippen molar-refractivity contribution in [2.24, 2.45) is 11.8 Å². The zero-order chi connectivity index (χ0) is 14.3. The summed E-state index contributed by atoms with van der Waals surface area (Å²) in [5, 5.41) is 10.9. The monoisotopic (exact) mass is 276 g/mol. The first-order valence-corrected chi connectivity index (χ1v) is 8.00. The number of Topliss-reactive ketones (excluding diaryl/α,β-unsaturated/α-hetero) is 2. The normalized spacial score (nSPS) is 38.9. The molecule has 0 radical (unpaired) electrons. The molecular formula is C17H24O3. The van der Waals surface area contributed by atoms with E-state index in [9.17, 15) is 14.7 Å². The van der Waals surface area contributed by atoms with E-state index in [-0.39, 0.29) is 11.7 Å². The second-order valence-corrected chi connectivity index (χ2v) is 7.00. The number of hydrogen-bond acceptors (Lipinski definition) is 3. The van der Waals surface area contributed by atoms with Gasteiger partial charge in [-0.1, -0.05) is 12.5 Å². The van der Waals surface area contributed by atoms with Gasteiger partial charge in [0.2, 0.25) is 0 Å². The number of rotatable bonds is 0. The number of hydrogen-bond donors (Lipinski definition) is 1. The van der Waals surface area contributed by atoms with Gasteiger partial charge in [0.25, 0.3) is 0 Å². The molecule has 0 heterocycles. The highest BCUT2D eigenvalue weighted by Gasteiger charge is 2.46. The maximum absolute atomic E-state index is 12.4. The molecular weight excluding hydrogens is 252 g/mol. The van der Waals surface area contributed by atoms with Gasteiger partial charge < -0.3 is 5.11 Å². The van der Waals surface area contributed by atoms with Crippen molar-refractivity contribution in [1.29, 1.82) is 0 Å². The maximum Gasteiger partial charge on any atom is 0.172 e. The summed E-state index contributed by atoms with van der Waals surface area (Å²) in [4.78, 5) is 24.7. The highest BCUT2D eigenvalue weighted by atomic mass is 16.3. The molecule has 2 bridgehead atoms. The van der Waals surface area contributed by atoms with Crippen LogP contribution in [0.25, 0.3) is 0 Å². The summed E-state index contributed by atoms with van der Waals surface area (Å²) in [5.41, 5.74) is 0.958. The number of carbonyl (C=O) groups excluding carboxylic acids is 2. The molecule has 0 aromatic rings. The Hall–Kier alpha value is -0.960. The fourth-order valence-electron chi connectivity index (χ4n) is 4.38. The quantitative estimate of drug-likeness (QED) is 0.692. The van der Waals surface area contributed by atoms with E-state index in [1.54, 1.807) is 0 Å². The summed E-state index contributed by atoms with van der Waals surface area (Å²) < 4.78 is 0. The predicted molar refractivity (Wildman–Crippen MR) is 76.2 cm³/mol. The Kier molecular flexibility index (Phi) is 3.57. The smallest absolute Gasteiger partial charge is 0.172 e. The summed E-state index contributed by atoms with van der Waals surface area (Å²) in [6.45, 7) is 2.10. The van der Waals surface area contributed by atoms with Crippen molar-refractivity contribution in [1.82, 2.24) is 0 Å². The van der Waals surface area contributed by atoms with Crippen molar-refractivity contribution in [2.45, 2.75) is 70.3 Å². The van der Waals surface area contributed by atoms with E-state index in [4.69, 9.17) is 0 Å². The van der Waals surface area contributed by atoms with Gasteiger partial charge in [-0.3, -0.25) is 9.59 Å². The minimum absolute atomic E-state index is 0.0000463. The Morgan fingerprint density at radius 1 is 1.15 bits per heavy atom. The minimum atomic E-state index is -1.20. The van der Waals surface area contributed by atoms with Crippen molar-refractivity contribution in [3.63, 3.8) is 0 Å². The van der Waals surface area contributed by atoms with Gasteiger partial charge in [0.1, 0.15) is 11.4 Å². The fourth-order valence-corrected chi connectivity index (χ4v) is 4.38. The van der Waals surface area contributed by atoms with Crippen LogP contribution in [0.15, 0.2) is 11.1 Å². The lowest BCUT2D eigenvalue weighted by Gasteiger charge is -2.25. The summed E-state index contributed by atoms with van der Waals surface area (Å²) in [6.07, 6.45) is 6.64. The highest BCUT2D eigenvalue weighted by molar-refractivity contribution is 5.96. The lowest BCUT2D eigenvalue weighted by molar-refractivity contribution is -0.132. The van der Waals surface area contributed by atoms with E-state index in [2.05, 4.69) is 6.92 Å². The van der Waals surface area contributed by atoms with Crippen LogP contribution >= 0.6 is 0 Å². The van der Waals surface area contributed by atoms with Gasteiger partial charge in [-0.2, -0.15) is 0 Å².